The standard InChI is InChI=1S/C96H84N3O2.Pt/c1-55-45-59(5)84(60(6)46-55)75-35-24-36-76(85-61(7)47-56(2)48-62(85)8)89(75)77-42-44-80-92(98-94(99(80)93-57(3)25-20-26-58(93)4)79-43-41-65-40-39-64-29-22-37-81(100)87(64)91(65)97-79)86(77)69-53-78(90-74-32-18-19-38-82(74)101-83(90)54-69)88-72(66-30-21-31-70(50-66)95(9,10)11)33-23-34-73(88)68-49-67(63-27-16-15-17-28-63)51-71(52-68)96(12,13)14;/h15-38,41-52,54,100H,39-40H2,1-14H3;/q-1;. The van der Waals surface area contributed by atoms with Crippen LogP contribution < -0.4 is 0 Å². The Hall–Kier alpha value is -10.5. The van der Waals surface area contributed by atoms with Gasteiger partial charge in [-0.25, -0.2) is 9.97 Å². The van der Waals surface area contributed by atoms with Crippen molar-refractivity contribution in [2.45, 2.75) is 121 Å². The van der Waals surface area contributed by atoms with E-state index in [0.29, 0.717) is 11.5 Å². The van der Waals surface area contributed by atoms with E-state index in [0.717, 1.165) is 163 Å². The van der Waals surface area contributed by atoms with Crippen molar-refractivity contribution in [1.82, 2.24) is 14.5 Å². The third-order valence-corrected chi connectivity index (χ3v) is 21.2. The van der Waals surface area contributed by atoms with Crippen LogP contribution in [0, 0.1) is 61.5 Å². The van der Waals surface area contributed by atoms with Crippen molar-refractivity contribution in [2.24, 2.45) is 0 Å². The molecule has 0 fully saturated rings. The first kappa shape index (κ1) is 67.4. The number of benzene rings is 12. The molecule has 12 aromatic carbocycles. The predicted octanol–water partition coefficient (Wildman–Crippen LogP) is 25.7. The number of hydrogen-bond acceptors (Lipinski definition) is 4. The molecule has 0 saturated heterocycles. The van der Waals surface area contributed by atoms with Gasteiger partial charge in [0.2, 0.25) is 0 Å². The molecule has 16 rings (SSSR count). The maximum atomic E-state index is 11.8. The van der Waals surface area contributed by atoms with E-state index in [2.05, 4.69) is 320 Å². The fourth-order valence-electron chi connectivity index (χ4n) is 16.6. The molecule has 1 aliphatic rings. The van der Waals surface area contributed by atoms with Crippen LogP contribution in [0.1, 0.15) is 108 Å². The average Bonchev–Trinajstić information content (AvgIpc) is 1.49. The van der Waals surface area contributed by atoms with E-state index in [4.69, 9.17) is 14.4 Å². The van der Waals surface area contributed by atoms with Crippen molar-refractivity contribution in [2.75, 3.05) is 0 Å². The molecule has 5 nitrogen and oxygen atoms in total. The summed E-state index contributed by atoms with van der Waals surface area (Å²) in [7, 11) is 0. The molecule has 0 spiro atoms. The van der Waals surface area contributed by atoms with Crippen molar-refractivity contribution in [3.05, 3.63) is 297 Å². The van der Waals surface area contributed by atoms with Crippen LogP contribution in [-0.4, -0.2) is 19.6 Å². The van der Waals surface area contributed by atoms with Crippen LogP contribution in [0.4, 0.5) is 0 Å². The number of hydrogen-bond donors (Lipinski definition) is 1. The van der Waals surface area contributed by atoms with Gasteiger partial charge in [0.05, 0.1) is 28.0 Å². The summed E-state index contributed by atoms with van der Waals surface area (Å²) in [6.45, 7) is 31.7. The first-order valence-electron chi connectivity index (χ1n) is 35.6. The molecule has 3 aromatic heterocycles. The summed E-state index contributed by atoms with van der Waals surface area (Å²) in [6, 6.07) is 87.0. The molecule has 0 atom stereocenters. The maximum Gasteiger partial charge on any atom is 0.163 e. The van der Waals surface area contributed by atoms with Crippen molar-refractivity contribution < 1.29 is 30.6 Å². The van der Waals surface area contributed by atoms with Crippen LogP contribution >= 0.6 is 0 Å². The van der Waals surface area contributed by atoms with E-state index in [1.165, 1.54) is 55.6 Å². The van der Waals surface area contributed by atoms with Crippen molar-refractivity contribution in [3.63, 3.8) is 0 Å². The van der Waals surface area contributed by atoms with Crippen molar-refractivity contribution in [1.29, 1.82) is 0 Å². The third-order valence-electron chi connectivity index (χ3n) is 21.2. The molecule has 102 heavy (non-hydrogen) atoms. The van der Waals surface area contributed by atoms with Crippen LogP contribution in [0.5, 0.6) is 5.75 Å². The van der Waals surface area contributed by atoms with Crippen LogP contribution in [0.3, 0.4) is 0 Å². The van der Waals surface area contributed by atoms with E-state index < -0.39 is 0 Å². The van der Waals surface area contributed by atoms with Gasteiger partial charge in [0.15, 0.2) is 5.82 Å². The van der Waals surface area contributed by atoms with Gasteiger partial charge in [-0.1, -0.05) is 252 Å². The second-order valence-electron chi connectivity index (χ2n) is 30.5. The third kappa shape index (κ3) is 11.6. The Morgan fingerprint density at radius 3 is 1.64 bits per heavy atom. The van der Waals surface area contributed by atoms with E-state index >= 15 is 0 Å². The van der Waals surface area contributed by atoms with Crippen molar-refractivity contribution >= 4 is 33.0 Å². The van der Waals surface area contributed by atoms with E-state index in [1.807, 2.05) is 6.07 Å². The number of fused-ring (bicyclic) bond motifs is 7. The Balaban J connectivity index is 0.00000841. The fourth-order valence-corrected chi connectivity index (χ4v) is 16.6. The van der Waals surface area contributed by atoms with Crippen molar-refractivity contribution in [3.8, 4) is 123 Å². The van der Waals surface area contributed by atoms with Gasteiger partial charge in [-0.2, -0.15) is 0 Å². The summed E-state index contributed by atoms with van der Waals surface area (Å²) in [5.41, 5.74) is 37.5. The zero-order valence-corrected chi connectivity index (χ0v) is 63.1. The summed E-state index contributed by atoms with van der Waals surface area (Å²) in [5.74, 6) is 0.919. The van der Waals surface area contributed by atoms with Gasteiger partial charge in [0.25, 0.3) is 0 Å². The molecule has 0 saturated carbocycles. The number of phenolic OH excluding ortho intramolecular Hbond substituents is 1. The molecule has 506 valence electrons. The van der Waals surface area contributed by atoms with Gasteiger partial charge in [-0.05, 0) is 248 Å². The van der Waals surface area contributed by atoms with Gasteiger partial charge >= 0.3 is 0 Å². The largest absolute Gasteiger partial charge is 0.507 e. The smallest absolute Gasteiger partial charge is 0.163 e. The number of aromatic nitrogens is 3. The van der Waals surface area contributed by atoms with Gasteiger partial charge in [-0.3, -0.25) is 4.57 Å². The Bertz CT molecular complexity index is 5760. The Morgan fingerprint density at radius 1 is 0.412 bits per heavy atom. The number of aromatic hydroxyl groups is 1. The number of pyridine rings is 1. The molecule has 0 unspecified atom stereocenters. The molecule has 1 N–H and O–H groups in total. The molecule has 0 amide bonds. The molecule has 15 aromatic rings. The Kier molecular flexibility index (Phi) is 17.1. The summed E-state index contributed by atoms with van der Waals surface area (Å²) in [4.78, 5) is 11.8. The van der Waals surface area contributed by atoms with Crippen LogP contribution in [0.25, 0.3) is 150 Å². The number of rotatable bonds is 10. The zero-order chi connectivity index (χ0) is 70.1. The predicted molar refractivity (Wildman–Crippen MR) is 424 cm³/mol. The summed E-state index contributed by atoms with van der Waals surface area (Å²) in [6.07, 6.45) is 1.63. The van der Waals surface area contributed by atoms with Crippen LogP contribution in [-0.2, 0) is 44.7 Å². The average molecular weight is 1510 g/mol. The van der Waals surface area contributed by atoms with E-state index in [1.54, 1.807) is 6.07 Å². The molecule has 0 aliphatic heterocycles. The molecular weight excluding hydrogens is 1420 g/mol. The molecule has 0 bridgehead atoms. The monoisotopic (exact) mass is 1510 g/mol. The molecular formula is C96H84N3O2Pt-. The van der Waals surface area contributed by atoms with Gasteiger partial charge < -0.3 is 9.52 Å². The van der Waals surface area contributed by atoms with Gasteiger partial charge in [0.1, 0.15) is 17.0 Å². The SMILES string of the molecule is Cc1cc(C)c(-c2cccc(-c3c(C)cc(C)cc3C)c2-c2ccc3c(nc(-c4ccc5c(n4)-c4c(O)cccc4CC5)n3-c3c(C)cccc3C)c2-c2[c-]c(-c3c(-c4cccc(C(C)(C)C)c4)cccc3-c3cc(-c4ccccc4)cc(C(C)(C)C)c3)c3c(c2)oc2ccccc23)c(C)c1.[Pt]. The number of furan rings is 1. The van der Waals surface area contributed by atoms with E-state index in [9.17, 15) is 5.11 Å². The summed E-state index contributed by atoms with van der Waals surface area (Å²) in [5, 5.41) is 13.7. The fraction of sp³-hybridized carbons (Fsp3) is 0.188. The normalized spacial score (nSPS) is 12.3. The summed E-state index contributed by atoms with van der Waals surface area (Å²) < 4.78 is 9.77. The van der Waals surface area contributed by atoms with Gasteiger partial charge in [-0.15, -0.1) is 17.2 Å². The first-order chi connectivity index (χ1) is 48.6. The minimum atomic E-state index is -0.187. The second kappa shape index (κ2) is 25.9. The topological polar surface area (TPSA) is 64.1 Å². The zero-order valence-electron chi connectivity index (χ0n) is 60.8. The number of para-hydroxylation sites is 2. The number of aryl methyl sites for hydroxylation is 10. The van der Waals surface area contributed by atoms with E-state index in [-0.39, 0.29) is 37.6 Å². The van der Waals surface area contributed by atoms with Crippen LogP contribution in [0.15, 0.2) is 229 Å². The molecule has 3 heterocycles. The minimum absolute atomic E-state index is 0. The maximum absolute atomic E-state index is 11.8. The Morgan fingerprint density at radius 2 is 0.971 bits per heavy atom. The molecule has 1 aliphatic carbocycles. The Labute approximate surface area is 615 Å². The number of phenols is 1. The molecule has 6 heteroatoms. The summed E-state index contributed by atoms with van der Waals surface area (Å²) >= 11 is 0. The first-order valence-corrected chi connectivity index (χ1v) is 35.6. The minimum Gasteiger partial charge on any atom is -0.507 e. The quantitative estimate of drug-likeness (QED) is 0.139. The number of imidazole rings is 1. The number of nitrogens with zero attached hydrogens (tertiary/aromatic N) is 3. The van der Waals surface area contributed by atoms with Crippen LogP contribution in [0.2, 0.25) is 0 Å². The van der Waals surface area contributed by atoms with Gasteiger partial charge in [0, 0.05) is 26.6 Å². The molecule has 0 radical (unpaired) electrons. The second-order valence-corrected chi connectivity index (χ2v) is 30.5.